The molecule has 6 nitrogen and oxygen atoms in total. The third kappa shape index (κ3) is 3.85. The maximum absolute atomic E-state index is 12.6. The Labute approximate surface area is 176 Å². The molecule has 0 aliphatic carbocycles. The number of aryl methyl sites for hydroxylation is 2. The van der Waals surface area contributed by atoms with Gasteiger partial charge >= 0.3 is 0 Å². The summed E-state index contributed by atoms with van der Waals surface area (Å²) >= 11 is 0. The summed E-state index contributed by atoms with van der Waals surface area (Å²) in [6, 6.07) is 19.1. The first kappa shape index (κ1) is 19.3. The lowest BCUT2D eigenvalue weighted by Crippen LogP contribution is -2.43. The highest BCUT2D eigenvalue weighted by Gasteiger charge is 2.38. The molecule has 2 aliphatic rings. The third-order valence-electron chi connectivity index (χ3n) is 6.36. The highest BCUT2D eigenvalue weighted by Crippen LogP contribution is 2.30. The van der Waals surface area contributed by atoms with E-state index in [9.17, 15) is 4.79 Å². The molecule has 0 bridgehead atoms. The Balaban J connectivity index is 1.15. The molecule has 0 saturated carbocycles. The first-order valence-corrected chi connectivity index (χ1v) is 10.8. The topological polar surface area (TPSA) is 59.4 Å². The van der Waals surface area contributed by atoms with Gasteiger partial charge < -0.3 is 14.6 Å². The van der Waals surface area contributed by atoms with E-state index in [1.54, 1.807) is 0 Å². The fourth-order valence-corrected chi connectivity index (χ4v) is 4.84. The summed E-state index contributed by atoms with van der Waals surface area (Å²) in [5.41, 5.74) is 3.30. The molecular weight excluding hydrogens is 376 g/mol. The average molecular weight is 405 g/mol. The number of hydrogen-bond donors (Lipinski definition) is 1. The van der Waals surface area contributed by atoms with Crippen LogP contribution in [0.15, 0.2) is 54.6 Å². The SMILES string of the molecule is Cc1nc2ccccc2n1CCC(=O)N[C@@H]1C[C@H]2CO[C@@H](c3ccccc3)CN2C1. The van der Waals surface area contributed by atoms with E-state index in [-0.39, 0.29) is 18.1 Å². The van der Waals surface area contributed by atoms with Crippen LogP contribution in [0.25, 0.3) is 11.0 Å². The van der Waals surface area contributed by atoms with E-state index in [0.717, 1.165) is 43.0 Å². The number of rotatable bonds is 5. The van der Waals surface area contributed by atoms with Crippen molar-refractivity contribution in [1.29, 1.82) is 0 Å². The van der Waals surface area contributed by atoms with Gasteiger partial charge in [0.2, 0.25) is 5.91 Å². The van der Waals surface area contributed by atoms with Gasteiger partial charge in [-0.1, -0.05) is 42.5 Å². The molecule has 0 spiro atoms. The van der Waals surface area contributed by atoms with Crippen LogP contribution in [0.5, 0.6) is 0 Å². The first-order chi connectivity index (χ1) is 14.7. The maximum atomic E-state index is 12.6. The Morgan fingerprint density at radius 2 is 1.93 bits per heavy atom. The van der Waals surface area contributed by atoms with Crippen LogP contribution < -0.4 is 5.32 Å². The molecule has 6 heteroatoms. The van der Waals surface area contributed by atoms with E-state index in [0.29, 0.717) is 19.0 Å². The van der Waals surface area contributed by atoms with Crippen molar-refractivity contribution < 1.29 is 9.53 Å². The number of nitrogens with zero attached hydrogens (tertiary/aromatic N) is 3. The molecule has 1 aromatic heterocycles. The van der Waals surface area contributed by atoms with E-state index in [4.69, 9.17) is 4.74 Å². The molecule has 0 unspecified atom stereocenters. The number of benzene rings is 2. The molecule has 1 amide bonds. The molecular formula is C24H28N4O2. The number of aromatic nitrogens is 2. The van der Waals surface area contributed by atoms with Crippen molar-refractivity contribution in [2.24, 2.45) is 0 Å². The molecule has 0 radical (unpaired) electrons. The van der Waals surface area contributed by atoms with Gasteiger partial charge in [-0.15, -0.1) is 0 Å². The standard InChI is InChI=1S/C24H28N4O2/c1-17-25-21-9-5-6-10-22(21)28(17)12-11-24(29)26-19-13-20-16-30-23(15-27(20)14-19)18-7-3-2-4-8-18/h2-10,19-20,23H,11-16H2,1H3,(H,26,29)/t19-,20+,23-/m1/s1. The van der Waals surface area contributed by atoms with Gasteiger partial charge in [0.1, 0.15) is 5.82 Å². The number of hydrogen-bond acceptors (Lipinski definition) is 4. The molecule has 30 heavy (non-hydrogen) atoms. The zero-order chi connectivity index (χ0) is 20.5. The second-order valence-corrected chi connectivity index (χ2v) is 8.39. The number of nitrogens with one attached hydrogen (secondary N) is 1. The third-order valence-corrected chi connectivity index (χ3v) is 6.36. The number of fused-ring (bicyclic) bond motifs is 2. The summed E-state index contributed by atoms with van der Waals surface area (Å²) in [4.78, 5) is 19.7. The lowest BCUT2D eigenvalue weighted by molar-refractivity contribution is -0.121. The van der Waals surface area contributed by atoms with E-state index >= 15 is 0 Å². The summed E-state index contributed by atoms with van der Waals surface area (Å²) in [5.74, 6) is 1.06. The molecule has 156 valence electrons. The van der Waals surface area contributed by atoms with Crippen molar-refractivity contribution in [1.82, 2.24) is 19.8 Å². The Hall–Kier alpha value is -2.70. The second kappa shape index (κ2) is 8.20. The lowest BCUT2D eigenvalue weighted by Gasteiger charge is -2.35. The van der Waals surface area contributed by atoms with Crippen LogP contribution in [0.2, 0.25) is 0 Å². The largest absolute Gasteiger partial charge is 0.371 e. The number of amides is 1. The molecule has 1 N–H and O–H groups in total. The van der Waals surface area contributed by atoms with Gasteiger partial charge in [0.15, 0.2) is 0 Å². The van der Waals surface area contributed by atoms with Crippen molar-refractivity contribution in [3.8, 4) is 0 Å². The zero-order valence-electron chi connectivity index (χ0n) is 17.3. The van der Waals surface area contributed by atoms with Crippen molar-refractivity contribution in [2.75, 3.05) is 19.7 Å². The smallest absolute Gasteiger partial charge is 0.222 e. The number of carbonyl (C=O) groups excluding carboxylic acids is 1. The predicted molar refractivity (Wildman–Crippen MR) is 116 cm³/mol. The quantitative estimate of drug-likeness (QED) is 0.710. The van der Waals surface area contributed by atoms with Crippen LogP contribution >= 0.6 is 0 Å². The minimum atomic E-state index is 0.109. The van der Waals surface area contributed by atoms with Crippen LogP contribution in [0.1, 0.15) is 30.3 Å². The lowest BCUT2D eigenvalue weighted by atomic mass is 10.1. The van der Waals surface area contributed by atoms with E-state index in [1.165, 1.54) is 5.56 Å². The Morgan fingerprint density at radius 1 is 1.13 bits per heavy atom. The number of carbonyl (C=O) groups is 1. The second-order valence-electron chi connectivity index (χ2n) is 8.39. The summed E-state index contributed by atoms with van der Waals surface area (Å²) < 4.78 is 8.25. The van der Waals surface area contributed by atoms with Gasteiger partial charge in [0.25, 0.3) is 0 Å². The summed E-state index contributed by atoms with van der Waals surface area (Å²) in [7, 11) is 0. The number of imidazole rings is 1. The molecule has 2 saturated heterocycles. The van der Waals surface area contributed by atoms with Crippen molar-refractivity contribution >= 4 is 16.9 Å². The number of morpholine rings is 1. The van der Waals surface area contributed by atoms with Crippen molar-refractivity contribution in [3.05, 3.63) is 66.0 Å². The molecule has 2 aromatic carbocycles. The molecule has 2 aliphatic heterocycles. The van der Waals surface area contributed by atoms with Gasteiger partial charge in [0, 0.05) is 38.1 Å². The highest BCUT2D eigenvalue weighted by atomic mass is 16.5. The minimum absolute atomic E-state index is 0.109. The normalized spacial score (nSPS) is 24.1. The fraction of sp³-hybridized carbons (Fsp3) is 0.417. The van der Waals surface area contributed by atoms with E-state index in [1.807, 2.05) is 31.2 Å². The summed E-state index contributed by atoms with van der Waals surface area (Å²) in [6.45, 7) is 5.16. The molecule has 5 rings (SSSR count). The van der Waals surface area contributed by atoms with Crippen molar-refractivity contribution in [2.45, 2.75) is 44.5 Å². The van der Waals surface area contributed by atoms with Crippen LogP contribution in [0.4, 0.5) is 0 Å². The van der Waals surface area contributed by atoms with Crippen LogP contribution in [-0.2, 0) is 16.1 Å². The minimum Gasteiger partial charge on any atom is -0.371 e. The number of para-hydroxylation sites is 2. The molecule has 3 atom stereocenters. The Bertz CT molecular complexity index is 1030. The summed E-state index contributed by atoms with van der Waals surface area (Å²) in [5, 5.41) is 3.25. The zero-order valence-corrected chi connectivity index (χ0v) is 17.3. The van der Waals surface area contributed by atoms with Gasteiger partial charge in [-0.3, -0.25) is 9.69 Å². The van der Waals surface area contributed by atoms with Crippen LogP contribution in [-0.4, -0.2) is 52.1 Å². The molecule has 3 heterocycles. The predicted octanol–water partition coefficient (Wildman–Crippen LogP) is 3.07. The monoisotopic (exact) mass is 404 g/mol. The van der Waals surface area contributed by atoms with Crippen molar-refractivity contribution in [3.63, 3.8) is 0 Å². The van der Waals surface area contributed by atoms with Gasteiger partial charge in [-0.2, -0.15) is 0 Å². The molecule has 2 fully saturated rings. The first-order valence-electron chi connectivity index (χ1n) is 10.8. The van der Waals surface area contributed by atoms with Gasteiger partial charge in [0.05, 0.1) is 23.7 Å². The van der Waals surface area contributed by atoms with Gasteiger partial charge in [-0.25, -0.2) is 4.98 Å². The fourth-order valence-electron chi connectivity index (χ4n) is 4.84. The number of ether oxygens (including phenoxy) is 1. The summed E-state index contributed by atoms with van der Waals surface area (Å²) in [6.07, 6.45) is 1.54. The van der Waals surface area contributed by atoms with E-state index in [2.05, 4.69) is 50.1 Å². The average Bonchev–Trinajstić information content (AvgIpc) is 3.31. The Kier molecular flexibility index (Phi) is 5.27. The van der Waals surface area contributed by atoms with Crippen LogP contribution in [0.3, 0.4) is 0 Å². The van der Waals surface area contributed by atoms with Gasteiger partial charge in [-0.05, 0) is 31.0 Å². The highest BCUT2D eigenvalue weighted by molar-refractivity contribution is 5.78. The molecule has 3 aromatic rings. The maximum Gasteiger partial charge on any atom is 0.222 e. The Morgan fingerprint density at radius 3 is 2.80 bits per heavy atom. The van der Waals surface area contributed by atoms with Crippen LogP contribution in [0, 0.1) is 6.92 Å². The van der Waals surface area contributed by atoms with E-state index < -0.39 is 0 Å².